The van der Waals surface area contributed by atoms with Crippen molar-refractivity contribution >= 4 is 5.91 Å². The highest BCUT2D eigenvalue weighted by atomic mass is 16.5. The van der Waals surface area contributed by atoms with E-state index in [-0.39, 0.29) is 17.9 Å². The predicted molar refractivity (Wildman–Crippen MR) is 117 cm³/mol. The van der Waals surface area contributed by atoms with Crippen molar-refractivity contribution in [3.05, 3.63) is 41.5 Å². The third-order valence-electron chi connectivity index (χ3n) is 6.15. The van der Waals surface area contributed by atoms with Crippen LogP contribution in [-0.2, 0) is 29.0 Å². The fourth-order valence-electron chi connectivity index (χ4n) is 4.39. The van der Waals surface area contributed by atoms with E-state index in [1.807, 2.05) is 26.0 Å². The lowest BCUT2D eigenvalue weighted by Gasteiger charge is -2.24. The summed E-state index contributed by atoms with van der Waals surface area (Å²) in [6, 6.07) is 8.08. The molecular formula is C23H33N5O3. The second-order valence-electron chi connectivity index (χ2n) is 8.31. The Morgan fingerprint density at radius 3 is 2.84 bits per heavy atom. The molecule has 1 aromatic carbocycles. The molecule has 0 bridgehead atoms. The fourth-order valence-corrected chi connectivity index (χ4v) is 4.39. The van der Waals surface area contributed by atoms with Crippen molar-refractivity contribution in [2.24, 2.45) is 5.92 Å². The lowest BCUT2D eigenvalue weighted by molar-refractivity contribution is -0.128. The Morgan fingerprint density at radius 1 is 1.23 bits per heavy atom. The van der Waals surface area contributed by atoms with E-state index in [0.717, 1.165) is 62.8 Å². The summed E-state index contributed by atoms with van der Waals surface area (Å²) < 4.78 is 13.3. The van der Waals surface area contributed by atoms with E-state index in [0.29, 0.717) is 19.8 Å². The number of para-hydroxylation sites is 1. The summed E-state index contributed by atoms with van der Waals surface area (Å²) >= 11 is 0. The number of benzene rings is 1. The van der Waals surface area contributed by atoms with Crippen LogP contribution in [0, 0.1) is 5.92 Å². The molecule has 1 fully saturated rings. The molecule has 0 aliphatic carbocycles. The van der Waals surface area contributed by atoms with Crippen LogP contribution in [0.5, 0.6) is 5.75 Å². The zero-order chi connectivity index (χ0) is 21.6. The standard InChI is InChI=1S/C23H33N5O3/c1-3-31-20-7-5-4-6-19(20)16-27-11-8-21-25-26-22(28(21)13-12-27)17(2)24-23(29)18-9-14-30-15-10-18/h4-7,17-18H,3,8-16H2,1-2H3,(H,24,29)/t17-/m1/s1. The summed E-state index contributed by atoms with van der Waals surface area (Å²) in [6.07, 6.45) is 2.41. The van der Waals surface area contributed by atoms with Crippen LogP contribution in [0.25, 0.3) is 0 Å². The molecule has 1 N–H and O–H groups in total. The zero-order valence-corrected chi connectivity index (χ0v) is 18.5. The molecule has 1 saturated heterocycles. The summed E-state index contributed by atoms with van der Waals surface area (Å²) in [5.74, 6) is 2.91. The van der Waals surface area contributed by atoms with E-state index in [4.69, 9.17) is 9.47 Å². The van der Waals surface area contributed by atoms with Gasteiger partial charge in [-0.1, -0.05) is 18.2 Å². The topological polar surface area (TPSA) is 81.5 Å². The molecular weight excluding hydrogens is 394 g/mol. The number of nitrogens with one attached hydrogen (secondary N) is 1. The highest BCUT2D eigenvalue weighted by molar-refractivity contribution is 5.79. The van der Waals surface area contributed by atoms with Gasteiger partial charge in [0.15, 0.2) is 5.82 Å². The van der Waals surface area contributed by atoms with Gasteiger partial charge in [-0.3, -0.25) is 9.69 Å². The van der Waals surface area contributed by atoms with Crippen LogP contribution in [0.4, 0.5) is 0 Å². The van der Waals surface area contributed by atoms with Gasteiger partial charge in [-0.25, -0.2) is 0 Å². The summed E-state index contributed by atoms with van der Waals surface area (Å²) in [6.45, 7) is 9.48. The minimum absolute atomic E-state index is 0.0311. The molecule has 4 rings (SSSR count). The number of hydrogen-bond acceptors (Lipinski definition) is 6. The molecule has 2 aliphatic heterocycles. The van der Waals surface area contributed by atoms with Gasteiger partial charge in [-0.05, 0) is 32.8 Å². The SMILES string of the molecule is CCOc1ccccc1CN1CCc2nnc([C@@H](C)NC(=O)C3CCOCC3)n2CC1. The maximum Gasteiger partial charge on any atom is 0.223 e. The number of carbonyl (C=O) groups is 1. The first-order valence-electron chi connectivity index (χ1n) is 11.4. The predicted octanol–water partition coefficient (Wildman–Crippen LogP) is 2.34. The van der Waals surface area contributed by atoms with Gasteiger partial charge in [0.2, 0.25) is 5.91 Å². The third kappa shape index (κ3) is 5.25. The Bertz CT molecular complexity index is 878. The Morgan fingerprint density at radius 2 is 2.03 bits per heavy atom. The molecule has 0 radical (unpaired) electrons. The average Bonchev–Trinajstić information content (AvgIpc) is 3.10. The third-order valence-corrected chi connectivity index (χ3v) is 6.15. The highest BCUT2D eigenvalue weighted by Gasteiger charge is 2.26. The van der Waals surface area contributed by atoms with E-state index in [1.54, 1.807) is 0 Å². The maximum absolute atomic E-state index is 12.6. The van der Waals surface area contributed by atoms with Crippen molar-refractivity contribution in [3.63, 3.8) is 0 Å². The highest BCUT2D eigenvalue weighted by Crippen LogP contribution is 2.22. The van der Waals surface area contributed by atoms with Gasteiger partial charge in [0, 0.05) is 57.3 Å². The van der Waals surface area contributed by atoms with Crippen LogP contribution in [0.3, 0.4) is 0 Å². The summed E-state index contributed by atoms with van der Waals surface area (Å²) in [5.41, 5.74) is 1.21. The largest absolute Gasteiger partial charge is 0.494 e. The van der Waals surface area contributed by atoms with Gasteiger partial charge in [-0.2, -0.15) is 0 Å². The second kappa shape index (κ2) is 10.2. The first-order valence-corrected chi connectivity index (χ1v) is 11.4. The van der Waals surface area contributed by atoms with Gasteiger partial charge >= 0.3 is 0 Å². The van der Waals surface area contributed by atoms with Crippen LogP contribution in [0.2, 0.25) is 0 Å². The summed E-state index contributed by atoms with van der Waals surface area (Å²) in [5, 5.41) is 12.0. The molecule has 0 saturated carbocycles. The average molecular weight is 428 g/mol. The van der Waals surface area contributed by atoms with E-state index >= 15 is 0 Å². The molecule has 1 amide bonds. The van der Waals surface area contributed by atoms with Crippen LogP contribution < -0.4 is 10.1 Å². The van der Waals surface area contributed by atoms with Crippen molar-refractivity contribution in [1.82, 2.24) is 25.0 Å². The van der Waals surface area contributed by atoms with Crippen LogP contribution >= 0.6 is 0 Å². The van der Waals surface area contributed by atoms with E-state index < -0.39 is 0 Å². The van der Waals surface area contributed by atoms with Crippen LogP contribution in [0.1, 0.15) is 49.9 Å². The molecule has 8 nitrogen and oxygen atoms in total. The first kappa shape index (κ1) is 21.8. The molecule has 2 aliphatic rings. The number of hydrogen-bond donors (Lipinski definition) is 1. The molecule has 1 atom stereocenters. The van der Waals surface area contributed by atoms with Crippen molar-refractivity contribution in [1.29, 1.82) is 0 Å². The van der Waals surface area contributed by atoms with Crippen LogP contribution in [-0.4, -0.2) is 58.5 Å². The fraction of sp³-hybridized carbons (Fsp3) is 0.609. The summed E-state index contributed by atoms with van der Waals surface area (Å²) in [7, 11) is 0. The van der Waals surface area contributed by atoms with Gasteiger partial charge in [-0.15, -0.1) is 10.2 Å². The zero-order valence-electron chi connectivity index (χ0n) is 18.5. The molecule has 8 heteroatoms. The van der Waals surface area contributed by atoms with Crippen molar-refractivity contribution in [2.75, 3.05) is 32.9 Å². The number of ether oxygens (including phenoxy) is 2. The minimum Gasteiger partial charge on any atom is -0.494 e. The summed E-state index contributed by atoms with van der Waals surface area (Å²) in [4.78, 5) is 15.1. The van der Waals surface area contributed by atoms with E-state index in [9.17, 15) is 4.79 Å². The Balaban J connectivity index is 1.38. The molecule has 1 aromatic heterocycles. The van der Waals surface area contributed by atoms with Gasteiger partial charge in [0.25, 0.3) is 0 Å². The number of aromatic nitrogens is 3. The number of nitrogens with zero attached hydrogens (tertiary/aromatic N) is 4. The normalized spacial score (nSPS) is 18.8. The van der Waals surface area contributed by atoms with Crippen molar-refractivity contribution in [2.45, 2.75) is 52.2 Å². The van der Waals surface area contributed by atoms with Crippen molar-refractivity contribution < 1.29 is 14.3 Å². The Kier molecular flexibility index (Phi) is 7.19. The smallest absolute Gasteiger partial charge is 0.223 e. The number of fused-ring (bicyclic) bond motifs is 1. The lowest BCUT2D eigenvalue weighted by atomic mass is 9.99. The quantitative estimate of drug-likeness (QED) is 0.731. The Hall–Kier alpha value is -2.45. The lowest BCUT2D eigenvalue weighted by Crippen LogP contribution is -2.36. The van der Waals surface area contributed by atoms with Crippen molar-refractivity contribution in [3.8, 4) is 5.75 Å². The molecule has 3 heterocycles. The molecule has 31 heavy (non-hydrogen) atoms. The van der Waals surface area contributed by atoms with Gasteiger partial charge in [0.05, 0.1) is 12.6 Å². The van der Waals surface area contributed by atoms with E-state index in [2.05, 4.69) is 37.1 Å². The Labute approximate surface area is 183 Å². The second-order valence-corrected chi connectivity index (χ2v) is 8.31. The van der Waals surface area contributed by atoms with E-state index in [1.165, 1.54) is 5.56 Å². The molecule has 168 valence electrons. The number of carbonyl (C=O) groups excluding carboxylic acids is 1. The number of amides is 1. The van der Waals surface area contributed by atoms with Crippen LogP contribution in [0.15, 0.2) is 24.3 Å². The molecule has 0 spiro atoms. The van der Waals surface area contributed by atoms with Gasteiger partial charge < -0.3 is 19.4 Å². The monoisotopic (exact) mass is 427 g/mol. The molecule has 0 unspecified atom stereocenters. The van der Waals surface area contributed by atoms with Gasteiger partial charge in [0.1, 0.15) is 11.6 Å². The molecule has 2 aromatic rings. The first-order chi connectivity index (χ1) is 15.2. The minimum atomic E-state index is -0.165. The number of rotatable bonds is 7. The maximum atomic E-state index is 12.6.